The first-order valence-electron chi connectivity index (χ1n) is 11.8. The first-order chi connectivity index (χ1) is 14.7. The van der Waals surface area contributed by atoms with Crippen LogP contribution in [0.15, 0.2) is 24.3 Å². The molecule has 0 aliphatic heterocycles. The number of hydrogen-bond acceptors (Lipinski definition) is 4. The highest BCUT2D eigenvalue weighted by molar-refractivity contribution is 7.92. The predicted octanol–water partition coefficient (Wildman–Crippen LogP) is 4.85. The van der Waals surface area contributed by atoms with Crippen LogP contribution >= 0.6 is 0 Å². The molecule has 1 aromatic carbocycles. The van der Waals surface area contributed by atoms with Gasteiger partial charge in [-0.2, -0.15) is 0 Å². The van der Waals surface area contributed by atoms with E-state index >= 15 is 0 Å². The molecule has 0 saturated heterocycles. The molecule has 1 fully saturated rings. The van der Waals surface area contributed by atoms with Crippen molar-refractivity contribution in [2.24, 2.45) is 0 Å². The molecule has 0 spiro atoms. The number of nitrogens with one attached hydrogen (secondary N) is 1. The van der Waals surface area contributed by atoms with Gasteiger partial charge in [-0.15, -0.1) is 0 Å². The van der Waals surface area contributed by atoms with Crippen molar-refractivity contribution in [2.75, 3.05) is 24.1 Å². The van der Waals surface area contributed by atoms with Gasteiger partial charge in [-0.3, -0.25) is 14.0 Å². The molecular weight excluding hydrogens is 412 g/mol. The third-order valence-electron chi connectivity index (χ3n) is 6.64. The third kappa shape index (κ3) is 7.79. The number of anilines is 1. The maximum atomic E-state index is 12.0. The summed E-state index contributed by atoms with van der Waals surface area (Å²) in [5, 5.41) is 0. The van der Waals surface area contributed by atoms with Crippen LogP contribution in [-0.4, -0.2) is 50.5 Å². The van der Waals surface area contributed by atoms with Gasteiger partial charge >= 0.3 is 5.97 Å². The Morgan fingerprint density at radius 3 is 2.55 bits per heavy atom. The second-order valence-corrected chi connectivity index (χ2v) is 10.9. The van der Waals surface area contributed by atoms with Crippen molar-refractivity contribution in [2.45, 2.75) is 90.8 Å². The fourth-order valence-electron chi connectivity index (χ4n) is 4.80. The van der Waals surface area contributed by atoms with Gasteiger partial charge in [0.1, 0.15) is 0 Å². The molecule has 7 heteroatoms. The molecule has 1 aliphatic carbocycles. The molecule has 1 aliphatic rings. The summed E-state index contributed by atoms with van der Waals surface area (Å²) in [6.45, 7) is 6.49. The Labute approximate surface area is 189 Å². The highest BCUT2D eigenvalue weighted by Crippen LogP contribution is 2.31. The Kier molecular flexibility index (Phi) is 9.82. The summed E-state index contributed by atoms with van der Waals surface area (Å²) in [7, 11) is -1.05. The van der Waals surface area contributed by atoms with E-state index in [2.05, 4.69) is 18.7 Å². The van der Waals surface area contributed by atoms with E-state index in [4.69, 9.17) is 4.74 Å². The van der Waals surface area contributed by atoms with Crippen LogP contribution in [0, 0.1) is 0 Å². The average Bonchev–Trinajstić information content (AvgIpc) is 2.72. The minimum Gasteiger partial charge on any atom is -0.413 e. The quantitative estimate of drug-likeness (QED) is 0.279. The number of carbonyl (C=O) groups excluding carboxylic acids is 1. The number of quaternary nitrogens is 1. The fraction of sp³-hybridized carbons (Fsp3) is 0.708. The number of rotatable bonds is 12. The van der Waals surface area contributed by atoms with E-state index in [9.17, 15) is 13.2 Å². The van der Waals surface area contributed by atoms with Crippen LogP contribution in [0.25, 0.3) is 0 Å². The smallest absolute Gasteiger partial charge is 0.307 e. The first-order valence-corrected chi connectivity index (χ1v) is 13.5. The lowest BCUT2D eigenvalue weighted by Crippen LogP contribution is -2.60. The maximum Gasteiger partial charge on any atom is 0.307 e. The van der Waals surface area contributed by atoms with E-state index in [1.165, 1.54) is 39.0 Å². The number of carbonyl (C=O) groups is 1. The van der Waals surface area contributed by atoms with Crippen LogP contribution in [0.4, 0.5) is 5.69 Å². The van der Waals surface area contributed by atoms with Crippen molar-refractivity contribution in [3.8, 4) is 0 Å². The molecule has 31 heavy (non-hydrogen) atoms. The zero-order valence-electron chi connectivity index (χ0n) is 19.7. The van der Waals surface area contributed by atoms with Crippen molar-refractivity contribution in [1.29, 1.82) is 0 Å². The molecular formula is C24H41N2O4S+. The Bertz CT molecular complexity index is 806. The molecule has 1 N–H and O–H groups in total. The van der Waals surface area contributed by atoms with Gasteiger partial charge in [-0.25, -0.2) is 8.42 Å². The fourth-order valence-corrected chi connectivity index (χ4v) is 5.93. The second kappa shape index (κ2) is 11.9. The van der Waals surface area contributed by atoms with Gasteiger partial charge in [-0.05, 0) is 69.6 Å². The summed E-state index contributed by atoms with van der Waals surface area (Å²) < 4.78 is 33.4. The summed E-state index contributed by atoms with van der Waals surface area (Å²) in [5.74, 6) is -0.0957. The molecule has 2 rings (SSSR count). The number of sulfonamides is 1. The Morgan fingerprint density at radius 2 is 1.94 bits per heavy atom. The van der Waals surface area contributed by atoms with E-state index in [1.54, 1.807) is 6.07 Å². The highest BCUT2D eigenvalue weighted by Gasteiger charge is 2.40. The van der Waals surface area contributed by atoms with E-state index in [0.717, 1.165) is 35.9 Å². The normalized spacial score (nSPS) is 18.2. The van der Waals surface area contributed by atoms with Gasteiger partial charge in [-0.1, -0.05) is 25.5 Å². The number of nitrogens with zero attached hydrogens (tertiary/aromatic N) is 1. The van der Waals surface area contributed by atoms with Gasteiger partial charge in [0.15, 0.2) is 0 Å². The molecule has 6 nitrogen and oxygen atoms in total. The topological polar surface area (TPSA) is 72.5 Å². The molecule has 1 saturated carbocycles. The van der Waals surface area contributed by atoms with Gasteiger partial charge in [0, 0.05) is 19.0 Å². The third-order valence-corrected chi connectivity index (χ3v) is 8.13. The lowest BCUT2D eigenvalue weighted by atomic mass is 9.91. The van der Waals surface area contributed by atoms with Gasteiger partial charge in [0.05, 0.1) is 25.4 Å². The van der Waals surface area contributed by atoms with Crippen LogP contribution in [-0.2, 0) is 26.0 Å². The maximum absolute atomic E-state index is 12.0. The zero-order valence-corrected chi connectivity index (χ0v) is 20.5. The number of esters is 1. The minimum absolute atomic E-state index is 0.121. The summed E-state index contributed by atoms with van der Waals surface area (Å²) in [5.41, 5.74) is 1.69. The molecule has 0 aromatic heterocycles. The number of benzene rings is 1. The monoisotopic (exact) mass is 453 g/mol. The lowest BCUT2D eigenvalue weighted by Gasteiger charge is -2.47. The second-order valence-electron chi connectivity index (χ2n) is 9.03. The lowest BCUT2D eigenvalue weighted by molar-refractivity contribution is -0.974. The van der Waals surface area contributed by atoms with Crippen LogP contribution in [0.2, 0.25) is 0 Å². The summed E-state index contributed by atoms with van der Waals surface area (Å²) in [4.78, 5) is 11.9. The number of hydrogen-bond donors (Lipinski definition) is 1. The molecule has 2 unspecified atom stereocenters. The van der Waals surface area contributed by atoms with E-state index in [0.29, 0.717) is 18.2 Å². The van der Waals surface area contributed by atoms with E-state index in [1.807, 2.05) is 25.1 Å². The van der Waals surface area contributed by atoms with Crippen molar-refractivity contribution >= 4 is 21.7 Å². The highest BCUT2D eigenvalue weighted by atomic mass is 32.2. The van der Waals surface area contributed by atoms with Crippen LogP contribution in [0.3, 0.4) is 0 Å². The minimum atomic E-state index is -3.29. The Balaban J connectivity index is 2.04. The van der Waals surface area contributed by atoms with Crippen LogP contribution < -0.4 is 4.72 Å². The van der Waals surface area contributed by atoms with Crippen molar-refractivity contribution in [3.63, 3.8) is 0 Å². The molecule has 0 amide bonds. The zero-order chi connectivity index (χ0) is 22.9. The van der Waals surface area contributed by atoms with Gasteiger partial charge < -0.3 is 4.74 Å². The molecule has 2 atom stereocenters. The first kappa shape index (κ1) is 25.7. The SMILES string of the molecule is CCCS(=O)(=O)Nc1cccc(CCCC(OC(C)=O)[N+](C)(CC)C2CCCCC2)c1. The predicted molar refractivity (Wildman–Crippen MR) is 126 cm³/mol. The summed E-state index contributed by atoms with van der Waals surface area (Å²) in [6.07, 6.45) is 9.14. The summed E-state index contributed by atoms with van der Waals surface area (Å²) in [6, 6.07) is 8.14. The summed E-state index contributed by atoms with van der Waals surface area (Å²) >= 11 is 0. The Hall–Kier alpha value is -1.60. The molecule has 0 heterocycles. The van der Waals surface area contributed by atoms with Crippen molar-refractivity contribution in [1.82, 2.24) is 0 Å². The molecule has 0 bridgehead atoms. The number of aryl methyl sites for hydroxylation is 1. The standard InChI is InChI=1S/C24H41N2O4S/c1-5-18-31(28,29)25-22-14-10-12-21(19-22)13-11-17-24(30-20(3)27)26(4,6-2)23-15-8-7-9-16-23/h10,12,14,19,23-25H,5-9,11,13,15-18H2,1-4H3/q+1. The number of ether oxygens (including phenoxy) is 1. The molecule has 176 valence electrons. The molecule has 0 radical (unpaired) electrons. The van der Waals surface area contributed by atoms with Crippen LogP contribution in [0.1, 0.15) is 77.7 Å². The van der Waals surface area contributed by atoms with Gasteiger partial charge in [0.2, 0.25) is 16.3 Å². The van der Waals surface area contributed by atoms with Crippen molar-refractivity contribution in [3.05, 3.63) is 29.8 Å². The largest absolute Gasteiger partial charge is 0.413 e. The average molecular weight is 454 g/mol. The van der Waals surface area contributed by atoms with E-state index < -0.39 is 10.0 Å². The van der Waals surface area contributed by atoms with E-state index in [-0.39, 0.29) is 18.0 Å². The molecule has 1 aromatic rings. The Morgan fingerprint density at radius 1 is 1.23 bits per heavy atom. The van der Waals surface area contributed by atoms with Gasteiger partial charge in [0.25, 0.3) is 0 Å². The van der Waals surface area contributed by atoms with Crippen LogP contribution in [0.5, 0.6) is 0 Å². The van der Waals surface area contributed by atoms with Crippen molar-refractivity contribution < 1.29 is 22.4 Å².